The highest BCUT2D eigenvalue weighted by Crippen LogP contribution is 2.21. The van der Waals surface area contributed by atoms with Crippen molar-refractivity contribution in [3.63, 3.8) is 0 Å². The third kappa shape index (κ3) is 2.13. The van der Waals surface area contributed by atoms with E-state index >= 15 is 0 Å². The summed E-state index contributed by atoms with van der Waals surface area (Å²) in [5, 5.41) is 13.0. The Morgan fingerprint density at radius 1 is 1.40 bits per heavy atom. The molecule has 5 heteroatoms. The fourth-order valence-corrected chi connectivity index (χ4v) is 1.24. The van der Waals surface area contributed by atoms with E-state index in [4.69, 9.17) is 10.3 Å². The second-order valence-corrected chi connectivity index (χ2v) is 3.10. The molecule has 0 radical (unpaired) electrons. The summed E-state index contributed by atoms with van der Waals surface area (Å²) in [6, 6.07) is 6.66. The van der Waals surface area contributed by atoms with Crippen LogP contribution in [0.2, 0.25) is 0 Å². The van der Waals surface area contributed by atoms with Gasteiger partial charge in [-0.2, -0.15) is 4.98 Å². The Morgan fingerprint density at radius 2 is 2.27 bits per heavy atom. The van der Waals surface area contributed by atoms with E-state index in [9.17, 15) is 5.11 Å². The van der Waals surface area contributed by atoms with Crippen molar-refractivity contribution in [1.82, 2.24) is 10.1 Å². The Hall–Kier alpha value is -1.88. The lowest BCUT2D eigenvalue weighted by Gasteiger charge is -1.94. The van der Waals surface area contributed by atoms with Gasteiger partial charge in [-0.15, -0.1) is 0 Å². The molecule has 2 aromatic rings. The number of nitrogens with zero attached hydrogens (tertiary/aromatic N) is 2. The van der Waals surface area contributed by atoms with Crippen molar-refractivity contribution in [3.05, 3.63) is 30.1 Å². The first kappa shape index (κ1) is 9.67. The van der Waals surface area contributed by atoms with Crippen molar-refractivity contribution >= 4 is 0 Å². The molecule has 3 N–H and O–H groups in total. The molecule has 0 bridgehead atoms. The van der Waals surface area contributed by atoms with Gasteiger partial charge in [0.2, 0.25) is 0 Å². The summed E-state index contributed by atoms with van der Waals surface area (Å²) in [5.74, 6) is 1.15. The molecule has 1 aromatic heterocycles. The van der Waals surface area contributed by atoms with E-state index in [0.717, 1.165) is 0 Å². The summed E-state index contributed by atoms with van der Waals surface area (Å²) in [6.07, 6.45) is 0.586. The minimum absolute atomic E-state index is 0.172. The third-order valence-electron chi connectivity index (χ3n) is 1.93. The van der Waals surface area contributed by atoms with E-state index in [1.54, 1.807) is 24.3 Å². The molecule has 0 amide bonds. The van der Waals surface area contributed by atoms with Crippen molar-refractivity contribution in [1.29, 1.82) is 0 Å². The minimum atomic E-state index is 0.172. The molecule has 0 saturated heterocycles. The largest absolute Gasteiger partial charge is 0.508 e. The molecule has 2 rings (SSSR count). The number of rotatable bonds is 3. The molecule has 1 aromatic carbocycles. The Kier molecular flexibility index (Phi) is 2.64. The van der Waals surface area contributed by atoms with Gasteiger partial charge in [0.25, 0.3) is 5.89 Å². The average Bonchev–Trinajstić information content (AvgIpc) is 2.67. The van der Waals surface area contributed by atoms with Gasteiger partial charge in [0.1, 0.15) is 5.75 Å². The van der Waals surface area contributed by atoms with Gasteiger partial charge in [-0.05, 0) is 24.7 Å². The predicted octanol–water partition coefficient (Wildman–Crippen LogP) is 0.943. The Balaban J connectivity index is 2.29. The van der Waals surface area contributed by atoms with Crippen LogP contribution in [0.25, 0.3) is 11.5 Å². The lowest BCUT2D eigenvalue weighted by Crippen LogP contribution is -2.03. The van der Waals surface area contributed by atoms with Crippen LogP contribution in [0.5, 0.6) is 5.75 Å². The van der Waals surface area contributed by atoms with Gasteiger partial charge in [0.15, 0.2) is 5.82 Å². The molecule has 0 fully saturated rings. The zero-order chi connectivity index (χ0) is 10.7. The number of aromatic hydroxyl groups is 1. The van der Waals surface area contributed by atoms with Crippen LogP contribution in [0.15, 0.2) is 28.8 Å². The number of benzene rings is 1. The highest BCUT2D eigenvalue weighted by Gasteiger charge is 2.08. The summed E-state index contributed by atoms with van der Waals surface area (Å²) in [7, 11) is 0. The van der Waals surface area contributed by atoms with Crippen molar-refractivity contribution < 1.29 is 9.63 Å². The number of hydrogen-bond acceptors (Lipinski definition) is 5. The van der Waals surface area contributed by atoms with Gasteiger partial charge in [-0.3, -0.25) is 0 Å². The first-order valence-electron chi connectivity index (χ1n) is 4.61. The normalized spacial score (nSPS) is 10.5. The molecule has 0 aliphatic rings. The van der Waals surface area contributed by atoms with Gasteiger partial charge in [-0.1, -0.05) is 11.2 Å². The van der Waals surface area contributed by atoms with E-state index in [0.29, 0.717) is 30.2 Å². The van der Waals surface area contributed by atoms with Crippen molar-refractivity contribution in [2.45, 2.75) is 6.42 Å². The zero-order valence-electron chi connectivity index (χ0n) is 8.05. The van der Waals surface area contributed by atoms with Crippen LogP contribution in [-0.4, -0.2) is 21.8 Å². The molecule has 0 atom stereocenters. The molecule has 0 aliphatic carbocycles. The monoisotopic (exact) mass is 205 g/mol. The highest BCUT2D eigenvalue weighted by atomic mass is 16.5. The first-order chi connectivity index (χ1) is 7.29. The predicted molar refractivity (Wildman–Crippen MR) is 54.2 cm³/mol. The quantitative estimate of drug-likeness (QED) is 0.779. The SMILES string of the molecule is NCCc1noc(-c2cccc(O)c2)n1. The van der Waals surface area contributed by atoms with Crippen LogP contribution in [0.1, 0.15) is 5.82 Å². The smallest absolute Gasteiger partial charge is 0.258 e. The molecule has 0 spiro atoms. The summed E-state index contributed by atoms with van der Waals surface area (Å²) in [5.41, 5.74) is 6.07. The Labute approximate surface area is 86.5 Å². The van der Waals surface area contributed by atoms with Crippen LogP contribution in [0, 0.1) is 0 Å². The maximum Gasteiger partial charge on any atom is 0.258 e. The second kappa shape index (κ2) is 4.10. The van der Waals surface area contributed by atoms with Gasteiger partial charge in [0, 0.05) is 12.0 Å². The number of phenols is 1. The van der Waals surface area contributed by atoms with Crippen molar-refractivity contribution in [2.24, 2.45) is 5.73 Å². The van der Waals surface area contributed by atoms with E-state index in [1.807, 2.05) is 0 Å². The molecule has 15 heavy (non-hydrogen) atoms. The molecule has 1 heterocycles. The molecule has 0 unspecified atom stereocenters. The molecule has 78 valence electrons. The van der Waals surface area contributed by atoms with Crippen LogP contribution in [0.3, 0.4) is 0 Å². The maximum absolute atomic E-state index is 9.27. The number of phenolic OH excluding ortho intramolecular Hbond substituents is 1. The molecular formula is C10H11N3O2. The topological polar surface area (TPSA) is 85.2 Å². The lowest BCUT2D eigenvalue weighted by atomic mass is 10.2. The minimum Gasteiger partial charge on any atom is -0.508 e. The second-order valence-electron chi connectivity index (χ2n) is 3.10. The summed E-state index contributed by atoms with van der Waals surface area (Å²) >= 11 is 0. The summed E-state index contributed by atoms with van der Waals surface area (Å²) in [4.78, 5) is 4.14. The van der Waals surface area contributed by atoms with Crippen LogP contribution < -0.4 is 5.73 Å². The summed E-state index contributed by atoms with van der Waals surface area (Å²) < 4.78 is 5.03. The maximum atomic E-state index is 9.27. The fraction of sp³-hybridized carbons (Fsp3) is 0.200. The van der Waals surface area contributed by atoms with Crippen LogP contribution >= 0.6 is 0 Å². The molecule has 0 aliphatic heterocycles. The number of hydrogen-bond donors (Lipinski definition) is 2. The van der Waals surface area contributed by atoms with Crippen LogP contribution in [0.4, 0.5) is 0 Å². The van der Waals surface area contributed by atoms with Gasteiger partial charge >= 0.3 is 0 Å². The average molecular weight is 205 g/mol. The van der Waals surface area contributed by atoms with Gasteiger partial charge < -0.3 is 15.4 Å². The summed E-state index contributed by atoms with van der Waals surface area (Å²) in [6.45, 7) is 0.485. The number of nitrogens with two attached hydrogens (primary N) is 1. The van der Waals surface area contributed by atoms with Crippen molar-refractivity contribution in [3.8, 4) is 17.2 Å². The first-order valence-corrected chi connectivity index (χ1v) is 4.61. The highest BCUT2D eigenvalue weighted by molar-refractivity contribution is 5.55. The fourth-order valence-electron chi connectivity index (χ4n) is 1.24. The third-order valence-corrected chi connectivity index (χ3v) is 1.93. The van der Waals surface area contributed by atoms with E-state index in [1.165, 1.54) is 0 Å². The lowest BCUT2D eigenvalue weighted by molar-refractivity contribution is 0.422. The van der Waals surface area contributed by atoms with Crippen molar-refractivity contribution in [2.75, 3.05) is 6.54 Å². The zero-order valence-corrected chi connectivity index (χ0v) is 8.05. The van der Waals surface area contributed by atoms with Crippen LogP contribution in [-0.2, 0) is 6.42 Å². The van der Waals surface area contributed by atoms with Gasteiger partial charge in [0.05, 0.1) is 0 Å². The standard InChI is InChI=1S/C10H11N3O2/c11-5-4-9-12-10(15-13-9)7-2-1-3-8(14)6-7/h1-3,6,14H,4-5,11H2. The van der Waals surface area contributed by atoms with E-state index < -0.39 is 0 Å². The van der Waals surface area contributed by atoms with E-state index in [-0.39, 0.29) is 5.75 Å². The molecule has 5 nitrogen and oxygen atoms in total. The van der Waals surface area contributed by atoms with E-state index in [2.05, 4.69) is 10.1 Å². The molecule has 0 saturated carbocycles. The van der Waals surface area contributed by atoms with Gasteiger partial charge in [-0.25, -0.2) is 0 Å². The Morgan fingerprint density at radius 3 is 3.00 bits per heavy atom. The molecular weight excluding hydrogens is 194 g/mol. The Bertz CT molecular complexity index is 453. The number of aromatic nitrogens is 2.